The number of aliphatic imine (C=N–C) groups is 1. The number of carbonyl (C=O) groups excluding carboxylic acids is 3. The van der Waals surface area contributed by atoms with Crippen molar-refractivity contribution in [2.75, 3.05) is 13.1 Å². The minimum absolute atomic E-state index is 0.104. The summed E-state index contributed by atoms with van der Waals surface area (Å²) in [5.41, 5.74) is 7.13. The van der Waals surface area contributed by atoms with Gasteiger partial charge in [0.25, 0.3) is 6.85 Å². The first-order valence-electron chi connectivity index (χ1n) is 11.6. The Morgan fingerprint density at radius 1 is 1.24 bits per heavy atom. The first-order chi connectivity index (χ1) is 15.8. The first kappa shape index (κ1) is 26.9. The molecular weight excluding hydrogens is 435 g/mol. The van der Waals surface area contributed by atoms with E-state index in [2.05, 4.69) is 49.8 Å². The van der Waals surface area contributed by atoms with E-state index in [0.717, 1.165) is 17.5 Å². The van der Waals surface area contributed by atoms with Crippen molar-refractivity contribution >= 4 is 41.3 Å². The Hall–Kier alpha value is -2.39. The van der Waals surface area contributed by atoms with E-state index in [1.165, 1.54) is 23.7 Å². The molecule has 1 unspecified atom stereocenters. The Balaban J connectivity index is 0.000000321. The molecule has 3 heterocycles. The maximum Gasteiger partial charge on any atom is 0.259 e. The standard InChI is InChI=1S/C14H19BN4O3S.C7H8.C3H8/c1-8-6-18-13(23-8)11(20)7-17-12(21)10-3-5-15-4-2-9(16)14(22)19(10)15;1-7-5-3-2-4-6-7;1-3-2/h9-10H,1-7,16H2,(H,17,21);2-6H,1H3;3H2,1-2H3/t9?,10-;;/m0../s1. The van der Waals surface area contributed by atoms with Crippen molar-refractivity contribution in [2.24, 2.45) is 10.7 Å². The molecule has 9 heteroatoms. The molecule has 0 aliphatic carbocycles. The molecule has 1 aromatic carbocycles. The molecule has 0 spiro atoms. The van der Waals surface area contributed by atoms with Gasteiger partial charge in [-0.1, -0.05) is 87.1 Å². The monoisotopic (exact) mass is 470 g/mol. The van der Waals surface area contributed by atoms with Gasteiger partial charge in [-0.3, -0.25) is 19.4 Å². The smallest absolute Gasteiger partial charge is 0.259 e. The third kappa shape index (κ3) is 7.86. The number of hydrogen-bond donors (Lipinski definition) is 2. The molecule has 3 aliphatic rings. The normalized spacial score (nSPS) is 21.3. The fourth-order valence-electron chi connectivity index (χ4n) is 3.85. The highest BCUT2D eigenvalue weighted by Gasteiger charge is 2.47. The predicted molar refractivity (Wildman–Crippen MR) is 137 cm³/mol. The van der Waals surface area contributed by atoms with Crippen molar-refractivity contribution < 1.29 is 14.4 Å². The van der Waals surface area contributed by atoms with Crippen LogP contribution >= 0.6 is 11.8 Å². The van der Waals surface area contributed by atoms with Crippen LogP contribution in [0, 0.1) is 6.92 Å². The molecule has 2 atom stereocenters. The molecule has 7 nitrogen and oxygen atoms in total. The average molecular weight is 470 g/mol. The number of nitrogens with zero attached hydrogens (tertiary/aromatic N) is 2. The fourth-order valence-corrected chi connectivity index (χ4v) is 4.56. The van der Waals surface area contributed by atoms with Crippen LogP contribution in [0.4, 0.5) is 0 Å². The van der Waals surface area contributed by atoms with E-state index in [-0.39, 0.29) is 31.0 Å². The molecule has 1 aromatic rings. The minimum Gasteiger partial charge on any atom is -0.374 e. The number of rotatable bonds is 4. The van der Waals surface area contributed by atoms with E-state index >= 15 is 0 Å². The van der Waals surface area contributed by atoms with Crippen LogP contribution in [0.3, 0.4) is 0 Å². The highest BCUT2D eigenvalue weighted by molar-refractivity contribution is 8.19. The van der Waals surface area contributed by atoms with Crippen molar-refractivity contribution in [3.63, 3.8) is 0 Å². The van der Waals surface area contributed by atoms with Gasteiger partial charge in [0, 0.05) is 4.91 Å². The summed E-state index contributed by atoms with van der Waals surface area (Å²) >= 11 is 1.25. The topological polar surface area (TPSA) is 105 Å². The van der Waals surface area contributed by atoms with Gasteiger partial charge in [-0.15, -0.1) is 0 Å². The summed E-state index contributed by atoms with van der Waals surface area (Å²) < 4.78 is 0. The number of benzene rings is 1. The lowest BCUT2D eigenvalue weighted by molar-refractivity contribution is -0.136. The number of hydrogen-bond acceptors (Lipinski definition) is 6. The quantitative estimate of drug-likeness (QED) is 0.659. The van der Waals surface area contributed by atoms with Gasteiger partial charge in [0.15, 0.2) is 0 Å². The maximum atomic E-state index is 12.4. The van der Waals surface area contributed by atoms with Crippen LogP contribution in [-0.2, 0) is 14.4 Å². The van der Waals surface area contributed by atoms with Crippen molar-refractivity contribution in [2.45, 2.75) is 64.8 Å². The molecule has 2 fully saturated rings. The Morgan fingerprint density at radius 3 is 2.42 bits per heavy atom. The van der Waals surface area contributed by atoms with Crippen molar-refractivity contribution in [1.29, 1.82) is 0 Å². The zero-order chi connectivity index (χ0) is 24.4. The van der Waals surface area contributed by atoms with E-state index in [4.69, 9.17) is 5.73 Å². The lowest BCUT2D eigenvalue weighted by Gasteiger charge is -2.35. The second-order valence-corrected chi connectivity index (χ2v) is 9.61. The third-order valence-electron chi connectivity index (χ3n) is 5.43. The summed E-state index contributed by atoms with van der Waals surface area (Å²) in [5, 5.41) is 3.02. The van der Waals surface area contributed by atoms with Gasteiger partial charge < -0.3 is 15.9 Å². The van der Waals surface area contributed by atoms with Gasteiger partial charge in [0.1, 0.15) is 5.04 Å². The summed E-state index contributed by atoms with van der Waals surface area (Å²) in [4.78, 5) is 43.1. The van der Waals surface area contributed by atoms with Gasteiger partial charge >= 0.3 is 0 Å². The Bertz CT molecular complexity index is 878. The van der Waals surface area contributed by atoms with E-state index in [1.807, 2.05) is 18.2 Å². The summed E-state index contributed by atoms with van der Waals surface area (Å²) in [7, 11) is 0. The zero-order valence-electron chi connectivity index (χ0n) is 19.9. The molecule has 4 rings (SSSR count). The molecule has 3 N–H and O–H groups in total. The number of ketones is 1. The van der Waals surface area contributed by atoms with E-state index in [1.54, 1.807) is 4.81 Å². The van der Waals surface area contributed by atoms with Crippen LogP contribution in [0.1, 0.15) is 38.7 Å². The number of fused-ring (bicyclic) bond motifs is 1. The highest BCUT2D eigenvalue weighted by atomic mass is 32.2. The third-order valence-corrected chi connectivity index (χ3v) is 6.40. The number of thioether (sulfide) groups is 1. The first-order valence-corrected chi connectivity index (χ1v) is 12.4. The minimum atomic E-state index is -0.517. The summed E-state index contributed by atoms with van der Waals surface area (Å²) in [6.07, 6.45) is 4.20. The van der Waals surface area contributed by atoms with Crippen LogP contribution in [0.15, 0.2) is 46.8 Å². The summed E-state index contributed by atoms with van der Waals surface area (Å²) in [6.45, 7) is 10.5. The van der Waals surface area contributed by atoms with E-state index < -0.39 is 12.1 Å². The van der Waals surface area contributed by atoms with Gasteiger partial charge in [-0.2, -0.15) is 0 Å². The number of amides is 2. The van der Waals surface area contributed by atoms with E-state index in [0.29, 0.717) is 24.4 Å². The number of Topliss-reactive ketones (excluding diaryl/α,β-unsaturated/α-hetero) is 1. The summed E-state index contributed by atoms with van der Waals surface area (Å²) in [6, 6.07) is 9.23. The van der Waals surface area contributed by atoms with Crippen molar-refractivity contribution in [3.05, 3.63) is 47.4 Å². The second kappa shape index (κ2) is 13.4. The number of carbonyl (C=O) groups is 3. The predicted octanol–water partition coefficient (Wildman–Crippen LogP) is 3.07. The second-order valence-electron chi connectivity index (χ2n) is 8.44. The van der Waals surface area contributed by atoms with Crippen molar-refractivity contribution in [3.8, 4) is 0 Å². The Kier molecular flexibility index (Phi) is 10.9. The Morgan fingerprint density at radius 2 is 1.88 bits per heavy atom. The fraction of sp³-hybridized carbons (Fsp3) is 0.500. The molecule has 2 saturated heterocycles. The number of nitrogens with one attached hydrogen (secondary N) is 1. The molecule has 0 saturated carbocycles. The summed E-state index contributed by atoms with van der Waals surface area (Å²) in [5.74, 6) is -0.666. The van der Waals surface area contributed by atoms with Crippen LogP contribution in [0.2, 0.25) is 12.6 Å². The molecule has 33 heavy (non-hydrogen) atoms. The molecule has 0 bridgehead atoms. The van der Waals surface area contributed by atoms with Crippen LogP contribution in [0.25, 0.3) is 0 Å². The van der Waals surface area contributed by atoms with Gasteiger partial charge in [0.05, 0.1) is 25.2 Å². The van der Waals surface area contributed by atoms with Crippen molar-refractivity contribution in [1.82, 2.24) is 10.1 Å². The maximum absolute atomic E-state index is 12.4. The van der Waals surface area contributed by atoms with Crippen LogP contribution < -0.4 is 11.1 Å². The molecule has 2 amide bonds. The van der Waals surface area contributed by atoms with Gasteiger partial charge in [-0.25, -0.2) is 0 Å². The molecule has 178 valence electrons. The zero-order valence-corrected chi connectivity index (χ0v) is 20.7. The average Bonchev–Trinajstić information content (AvgIpc) is 3.43. The van der Waals surface area contributed by atoms with Gasteiger partial charge in [0.2, 0.25) is 17.6 Å². The van der Waals surface area contributed by atoms with E-state index in [9.17, 15) is 14.4 Å². The Labute approximate surface area is 201 Å². The van der Waals surface area contributed by atoms with Crippen LogP contribution in [0.5, 0.6) is 0 Å². The SMILES string of the molecule is C=C1CN=C(C(=O)CNC(=O)[C@@H]2CCB3CCC(N)C(=O)N32)S1.CCC.Cc1ccccc1. The highest BCUT2D eigenvalue weighted by Crippen LogP contribution is 2.30. The molecule has 0 aromatic heterocycles. The molecule has 0 radical (unpaired) electrons. The lowest BCUT2D eigenvalue weighted by atomic mass is 9.53. The van der Waals surface area contributed by atoms with Crippen LogP contribution in [-0.4, -0.2) is 59.5 Å². The number of aryl methyl sites for hydroxylation is 1. The number of nitrogens with two attached hydrogens (primary N) is 1. The molecular formula is C24H35BN4O3S. The largest absolute Gasteiger partial charge is 0.374 e. The lowest BCUT2D eigenvalue weighted by Crippen LogP contribution is -2.58. The van der Waals surface area contributed by atoms with Gasteiger partial charge in [-0.05, 0) is 19.8 Å². The molecule has 3 aliphatic heterocycles.